The Balaban J connectivity index is 1.81. The molecular formula is C18H21NO3. The molecule has 0 atom stereocenters. The van der Waals surface area contributed by atoms with Crippen molar-refractivity contribution in [3.05, 3.63) is 60.2 Å². The number of esters is 1. The smallest absolute Gasteiger partial charge is 0.307 e. The van der Waals surface area contributed by atoms with Crippen LogP contribution in [0.15, 0.2) is 54.6 Å². The number of carbonyl (C=O) groups is 1. The van der Waals surface area contributed by atoms with Crippen molar-refractivity contribution in [2.75, 3.05) is 18.5 Å². The summed E-state index contributed by atoms with van der Waals surface area (Å²) in [4.78, 5) is 11.3. The lowest BCUT2D eigenvalue weighted by Gasteiger charge is -2.10. The van der Waals surface area contributed by atoms with E-state index < -0.39 is 0 Å². The number of anilines is 1. The average molecular weight is 299 g/mol. The van der Waals surface area contributed by atoms with E-state index in [0.29, 0.717) is 26.2 Å². The Morgan fingerprint density at radius 1 is 1.09 bits per heavy atom. The molecular weight excluding hydrogens is 278 g/mol. The standard InChI is InChI=1S/C18H21NO3/c1-2-21-18(20)11-12-19-16-9-6-10-17(13-16)22-14-15-7-4-3-5-8-15/h3-10,13,19H,2,11-12,14H2,1H3. The van der Waals surface area contributed by atoms with Gasteiger partial charge < -0.3 is 14.8 Å². The van der Waals surface area contributed by atoms with Crippen molar-refractivity contribution in [2.24, 2.45) is 0 Å². The zero-order valence-electron chi connectivity index (χ0n) is 12.7. The van der Waals surface area contributed by atoms with Crippen molar-refractivity contribution < 1.29 is 14.3 Å². The van der Waals surface area contributed by atoms with Gasteiger partial charge in [0.15, 0.2) is 0 Å². The summed E-state index contributed by atoms with van der Waals surface area (Å²) in [5.74, 6) is 0.608. The Bertz CT molecular complexity index is 584. The zero-order chi connectivity index (χ0) is 15.6. The molecule has 0 radical (unpaired) electrons. The van der Waals surface area contributed by atoms with E-state index in [0.717, 1.165) is 17.0 Å². The third kappa shape index (κ3) is 5.48. The van der Waals surface area contributed by atoms with Gasteiger partial charge in [0.05, 0.1) is 13.0 Å². The lowest BCUT2D eigenvalue weighted by molar-refractivity contribution is -0.142. The molecule has 0 spiro atoms. The van der Waals surface area contributed by atoms with Crippen molar-refractivity contribution in [3.8, 4) is 5.75 Å². The number of benzene rings is 2. The van der Waals surface area contributed by atoms with Gasteiger partial charge in [-0.25, -0.2) is 0 Å². The van der Waals surface area contributed by atoms with Crippen LogP contribution < -0.4 is 10.1 Å². The molecule has 0 bridgehead atoms. The number of rotatable bonds is 8. The maximum atomic E-state index is 11.3. The van der Waals surface area contributed by atoms with Crippen LogP contribution in [0.1, 0.15) is 18.9 Å². The van der Waals surface area contributed by atoms with Gasteiger partial charge in [0.2, 0.25) is 0 Å². The second-order valence-corrected chi connectivity index (χ2v) is 4.78. The summed E-state index contributed by atoms with van der Waals surface area (Å²) in [6.45, 7) is 3.30. The predicted octanol–water partition coefficient (Wildman–Crippen LogP) is 3.63. The SMILES string of the molecule is CCOC(=O)CCNc1cccc(OCc2ccccc2)c1. The molecule has 2 aromatic rings. The van der Waals surface area contributed by atoms with E-state index in [1.807, 2.05) is 54.6 Å². The number of nitrogens with one attached hydrogen (secondary N) is 1. The van der Waals surface area contributed by atoms with E-state index in [-0.39, 0.29) is 5.97 Å². The van der Waals surface area contributed by atoms with Crippen LogP contribution in [0.3, 0.4) is 0 Å². The molecule has 0 saturated heterocycles. The van der Waals surface area contributed by atoms with Crippen LogP contribution in [0.4, 0.5) is 5.69 Å². The maximum Gasteiger partial charge on any atom is 0.307 e. The van der Waals surface area contributed by atoms with Crippen molar-refractivity contribution in [1.82, 2.24) is 0 Å². The average Bonchev–Trinajstić information content (AvgIpc) is 2.55. The molecule has 0 aromatic heterocycles. The van der Waals surface area contributed by atoms with Gasteiger partial charge in [-0.3, -0.25) is 4.79 Å². The lowest BCUT2D eigenvalue weighted by atomic mass is 10.2. The highest BCUT2D eigenvalue weighted by atomic mass is 16.5. The van der Waals surface area contributed by atoms with Gasteiger partial charge in [-0.05, 0) is 24.6 Å². The highest BCUT2D eigenvalue weighted by molar-refractivity contribution is 5.70. The minimum absolute atomic E-state index is 0.188. The molecule has 0 saturated carbocycles. The molecule has 0 aliphatic rings. The van der Waals surface area contributed by atoms with Gasteiger partial charge in [0.1, 0.15) is 12.4 Å². The fourth-order valence-corrected chi connectivity index (χ4v) is 1.98. The molecule has 0 fully saturated rings. The normalized spacial score (nSPS) is 10.0. The lowest BCUT2D eigenvalue weighted by Crippen LogP contribution is -2.11. The first-order valence-corrected chi connectivity index (χ1v) is 7.44. The Morgan fingerprint density at radius 2 is 1.91 bits per heavy atom. The van der Waals surface area contributed by atoms with E-state index in [4.69, 9.17) is 9.47 Å². The molecule has 4 nitrogen and oxygen atoms in total. The number of hydrogen-bond acceptors (Lipinski definition) is 4. The second-order valence-electron chi connectivity index (χ2n) is 4.78. The minimum atomic E-state index is -0.188. The van der Waals surface area contributed by atoms with E-state index in [1.165, 1.54) is 0 Å². The van der Waals surface area contributed by atoms with Crippen LogP contribution in [-0.4, -0.2) is 19.1 Å². The molecule has 0 aliphatic heterocycles. The zero-order valence-corrected chi connectivity index (χ0v) is 12.7. The van der Waals surface area contributed by atoms with Gasteiger partial charge in [0, 0.05) is 18.3 Å². The van der Waals surface area contributed by atoms with Gasteiger partial charge in [0.25, 0.3) is 0 Å². The first-order chi connectivity index (χ1) is 10.8. The molecule has 2 rings (SSSR count). The molecule has 0 unspecified atom stereocenters. The summed E-state index contributed by atoms with van der Waals surface area (Å²) < 4.78 is 10.7. The first-order valence-electron chi connectivity index (χ1n) is 7.44. The van der Waals surface area contributed by atoms with Crippen LogP contribution in [0.25, 0.3) is 0 Å². The summed E-state index contributed by atoms with van der Waals surface area (Å²) in [5, 5.41) is 3.19. The van der Waals surface area contributed by atoms with Gasteiger partial charge in [-0.1, -0.05) is 36.4 Å². The van der Waals surface area contributed by atoms with Crippen LogP contribution in [-0.2, 0) is 16.1 Å². The van der Waals surface area contributed by atoms with Crippen LogP contribution in [0.5, 0.6) is 5.75 Å². The molecule has 4 heteroatoms. The summed E-state index contributed by atoms with van der Waals surface area (Å²) in [6, 6.07) is 17.7. The molecule has 0 aliphatic carbocycles. The van der Waals surface area contributed by atoms with Crippen molar-refractivity contribution in [1.29, 1.82) is 0 Å². The fourth-order valence-electron chi connectivity index (χ4n) is 1.98. The molecule has 0 amide bonds. The maximum absolute atomic E-state index is 11.3. The van der Waals surface area contributed by atoms with E-state index in [9.17, 15) is 4.79 Å². The number of carbonyl (C=O) groups excluding carboxylic acids is 1. The number of ether oxygens (including phenoxy) is 2. The van der Waals surface area contributed by atoms with Gasteiger partial charge >= 0.3 is 5.97 Å². The van der Waals surface area contributed by atoms with Crippen LogP contribution >= 0.6 is 0 Å². The monoisotopic (exact) mass is 299 g/mol. The molecule has 1 N–H and O–H groups in total. The highest BCUT2D eigenvalue weighted by Gasteiger charge is 2.02. The van der Waals surface area contributed by atoms with Crippen molar-refractivity contribution in [2.45, 2.75) is 20.0 Å². The topological polar surface area (TPSA) is 47.6 Å². The van der Waals surface area contributed by atoms with Crippen molar-refractivity contribution in [3.63, 3.8) is 0 Å². The Kier molecular flexibility index (Phi) is 6.30. The second kappa shape index (κ2) is 8.72. The minimum Gasteiger partial charge on any atom is -0.489 e. The summed E-state index contributed by atoms with van der Waals surface area (Å²) in [6.07, 6.45) is 0.350. The molecule has 2 aromatic carbocycles. The Hall–Kier alpha value is -2.49. The van der Waals surface area contributed by atoms with E-state index in [2.05, 4.69) is 5.32 Å². The Morgan fingerprint density at radius 3 is 2.68 bits per heavy atom. The molecule has 22 heavy (non-hydrogen) atoms. The summed E-state index contributed by atoms with van der Waals surface area (Å²) in [5.41, 5.74) is 2.05. The third-order valence-corrected chi connectivity index (χ3v) is 3.05. The van der Waals surface area contributed by atoms with Crippen molar-refractivity contribution >= 4 is 11.7 Å². The van der Waals surface area contributed by atoms with Crippen LogP contribution in [0, 0.1) is 0 Å². The first kappa shape index (κ1) is 15.9. The summed E-state index contributed by atoms with van der Waals surface area (Å²) in [7, 11) is 0. The van der Waals surface area contributed by atoms with E-state index >= 15 is 0 Å². The highest BCUT2D eigenvalue weighted by Crippen LogP contribution is 2.18. The predicted molar refractivity (Wildman–Crippen MR) is 87.0 cm³/mol. The Labute approximate surface area is 131 Å². The fraction of sp³-hybridized carbons (Fsp3) is 0.278. The summed E-state index contributed by atoms with van der Waals surface area (Å²) >= 11 is 0. The third-order valence-electron chi connectivity index (χ3n) is 3.05. The molecule has 0 heterocycles. The van der Waals surface area contributed by atoms with Gasteiger partial charge in [-0.2, -0.15) is 0 Å². The van der Waals surface area contributed by atoms with Gasteiger partial charge in [-0.15, -0.1) is 0 Å². The van der Waals surface area contributed by atoms with Crippen LogP contribution in [0.2, 0.25) is 0 Å². The quantitative estimate of drug-likeness (QED) is 0.756. The molecule has 116 valence electrons. The largest absolute Gasteiger partial charge is 0.489 e. The van der Waals surface area contributed by atoms with E-state index in [1.54, 1.807) is 6.92 Å². The number of hydrogen-bond donors (Lipinski definition) is 1.